The molecule has 13 heavy (non-hydrogen) atoms. The summed E-state index contributed by atoms with van der Waals surface area (Å²) in [6.07, 6.45) is 0.150. The first-order chi connectivity index (χ1) is 5.93. The number of carbonyl (C=O) groups is 3. The van der Waals surface area contributed by atoms with E-state index in [1.807, 2.05) is 5.32 Å². The summed E-state index contributed by atoms with van der Waals surface area (Å²) < 4.78 is 0. The molecule has 1 heterocycles. The number of urea groups is 1. The van der Waals surface area contributed by atoms with Crippen molar-refractivity contribution in [3.63, 3.8) is 0 Å². The molecule has 0 aromatic carbocycles. The standard InChI is InChI=1S/C7H9ClN2O3/c1-3-7(8)4(11)9-6(13)10(2)5(7)12/h3H2,1-2H3,(H,9,11,13). The van der Waals surface area contributed by atoms with Gasteiger partial charge in [-0.2, -0.15) is 0 Å². The van der Waals surface area contributed by atoms with Crippen LogP contribution in [0.25, 0.3) is 0 Å². The molecule has 4 amide bonds. The van der Waals surface area contributed by atoms with Gasteiger partial charge in [-0.3, -0.25) is 19.8 Å². The predicted molar refractivity (Wildman–Crippen MR) is 45.2 cm³/mol. The minimum atomic E-state index is -1.62. The van der Waals surface area contributed by atoms with Gasteiger partial charge in [0, 0.05) is 7.05 Å². The topological polar surface area (TPSA) is 66.5 Å². The normalized spacial score (nSPS) is 29.2. The molecule has 5 nitrogen and oxygen atoms in total. The van der Waals surface area contributed by atoms with Gasteiger partial charge in [-0.15, -0.1) is 0 Å². The quantitative estimate of drug-likeness (QED) is 0.486. The van der Waals surface area contributed by atoms with Crippen molar-refractivity contribution >= 4 is 29.4 Å². The number of carbonyl (C=O) groups excluding carboxylic acids is 3. The third-order valence-corrected chi connectivity index (χ3v) is 2.62. The van der Waals surface area contributed by atoms with Crippen molar-refractivity contribution in [3.8, 4) is 0 Å². The average Bonchev–Trinajstić information content (AvgIpc) is 2.11. The average molecular weight is 205 g/mol. The van der Waals surface area contributed by atoms with Crippen molar-refractivity contribution < 1.29 is 14.4 Å². The number of halogens is 1. The molecule has 1 aliphatic heterocycles. The van der Waals surface area contributed by atoms with E-state index in [0.29, 0.717) is 0 Å². The molecule has 1 fully saturated rings. The van der Waals surface area contributed by atoms with E-state index in [4.69, 9.17) is 11.6 Å². The van der Waals surface area contributed by atoms with Crippen LogP contribution in [0.3, 0.4) is 0 Å². The summed E-state index contributed by atoms with van der Waals surface area (Å²) in [4.78, 5) is 32.7. The molecule has 0 radical (unpaired) electrons. The van der Waals surface area contributed by atoms with Crippen LogP contribution in [0.5, 0.6) is 0 Å². The second kappa shape index (κ2) is 2.99. The molecule has 0 spiro atoms. The Labute approximate surface area is 80.0 Å². The van der Waals surface area contributed by atoms with E-state index >= 15 is 0 Å². The summed E-state index contributed by atoms with van der Waals surface area (Å²) in [5.41, 5.74) is 0. The zero-order valence-corrected chi connectivity index (χ0v) is 8.01. The molecule has 1 atom stereocenters. The number of nitrogens with zero attached hydrogens (tertiary/aromatic N) is 1. The number of rotatable bonds is 1. The Morgan fingerprint density at radius 1 is 1.46 bits per heavy atom. The van der Waals surface area contributed by atoms with Crippen molar-refractivity contribution in [1.29, 1.82) is 0 Å². The second-order valence-corrected chi connectivity index (χ2v) is 3.42. The molecule has 1 unspecified atom stereocenters. The maximum Gasteiger partial charge on any atom is 0.330 e. The number of nitrogens with one attached hydrogen (secondary N) is 1. The van der Waals surface area contributed by atoms with Crippen LogP contribution in [0.15, 0.2) is 0 Å². The van der Waals surface area contributed by atoms with Crippen LogP contribution < -0.4 is 5.32 Å². The Bertz CT molecular complexity index is 291. The van der Waals surface area contributed by atoms with Gasteiger partial charge < -0.3 is 0 Å². The minimum Gasteiger partial charge on any atom is -0.276 e. The van der Waals surface area contributed by atoms with E-state index < -0.39 is 22.7 Å². The van der Waals surface area contributed by atoms with E-state index in [9.17, 15) is 14.4 Å². The molecule has 0 aromatic heterocycles. The molecule has 1 saturated heterocycles. The Morgan fingerprint density at radius 2 is 2.00 bits per heavy atom. The zero-order chi connectivity index (χ0) is 10.2. The lowest BCUT2D eigenvalue weighted by atomic mass is 10.0. The molecule has 72 valence electrons. The fourth-order valence-electron chi connectivity index (χ4n) is 1.05. The lowest BCUT2D eigenvalue weighted by molar-refractivity contribution is -0.139. The molecule has 0 bridgehead atoms. The molecular weight excluding hydrogens is 196 g/mol. The van der Waals surface area contributed by atoms with Gasteiger partial charge in [-0.05, 0) is 6.42 Å². The first-order valence-electron chi connectivity index (χ1n) is 3.76. The summed E-state index contributed by atoms with van der Waals surface area (Å²) in [5, 5.41) is 2.00. The van der Waals surface area contributed by atoms with E-state index in [0.717, 1.165) is 4.90 Å². The zero-order valence-electron chi connectivity index (χ0n) is 7.26. The fourth-order valence-corrected chi connectivity index (χ4v) is 1.22. The smallest absolute Gasteiger partial charge is 0.276 e. The number of amides is 4. The first kappa shape index (κ1) is 9.98. The van der Waals surface area contributed by atoms with Crippen molar-refractivity contribution in [3.05, 3.63) is 0 Å². The minimum absolute atomic E-state index is 0.150. The summed E-state index contributed by atoms with van der Waals surface area (Å²) in [6, 6.07) is -0.736. The Kier molecular flexibility index (Phi) is 2.30. The van der Waals surface area contributed by atoms with E-state index in [-0.39, 0.29) is 6.42 Å². The molecule has 1 aliphatic rings. The van der Waals surface area contributed by atoms with E-state index in [2.05, 4.69) is 0 Å². The fraction of sp³-hybridized carbons (Fsp3) is 0.571. The molecule has 6 heteroatoms. The van der Waals surface area contributed by atoms with Gasteiger partial charge in [-0.1, -0.05) is 18.5 Å². The Morgan fingerprint density at radius 3 is 2.46 bits per heavy atom. The van der Waals surface area contributed by atoms with Gasteiger partial charge in [0.25, 0.3) is 11.8 Å². The van der Waals surface area contributed by atoms with Gasteiger partial charge in [-0.25, -0.2) is 4.79 Å². The summed E-state index contributed by atoms with van der Waals surface area (Å²) in [7, 11) is 1.27. The lowest BCUT2D eigenvalue weighted by Crippen LogP contribution is -2.64. The molecule has 1 rings (SSSR count). The highest BCUT2D eigenvalue weighted by Gasteiger charge is 2.50. The van der Waals surface area contributed by atoms with Gasteiger partial charge in [0.2, 0.25) is 4.87 Å². The van der Waals surface area contributed by atoms with E-state index in [1.54, 1.807) is 6.92 Å². The number of alkyl halides is 1. The molecule has 0 aromatic rings. The number of hydrogen-bond donors (Lipinski definition) is 1. The van der Waals surface area contributed by atoms with Gasteiger partial charge >= 0.3 is 6.03 Å². The molecule has 0 saturated carbocycles. The predicted octanol–water partition coefficient (Wildman–Crippen LogP) is 0.0822. The monoisotopic (exact) mass is 204 g/mol. The van der Waals surface area contributed by atoms with Crippen LogP contribution in [0, 0.1) is 0 Å². The van der Waals surface area contributed by atoms with Gasteiger partial charge in [0.15, 0.2) is 0 Å². The van der Waals surface area contributed by atoms with Crippen LogP contribution in [0.4, 0.5) is 4.79 Å². The van der Waals surface area contributed by atoms with Crippen molar-refractivity contribution in [1.82, 2.24) is 10.2 Å². The van der Waals surface area contributed by atoms with Crippen LogP contribution in [-0.2, 0) is 9.59 Å². The summed E-state index contributed by atoms with van der Waals surface area (Å²) >= 11 is 5.77. The maximum absolute atomic E-state index is 11.4. The molecule has 0 aliphatic carbocycles. The van der Waals surface area contributed by atoms with Crippen LogP contribution in [0.2, 0.25) is 0 Å². The molecular formula is C7H9ClN2O3. The number of hydrogen-bond acceptors (Lipinski definition) is 3. The highest BCUT2D eigenvalue weighted by molar-refractivity contribution is 6.49. The van der Waals surface area contributed by atoms with Crippen molar-refractivity contribution in [2.75, 3.05) is 7.05 Å². The maximum atomic E-state index is 11.4. The summed E-state index contributed by atoms with van der Waals surface area (Å²) in [5.74, 6) is -1.42. The third-order valence-electron chi connectivity index (χ3n) is 2.02. The van der Waals surface area contributed by atoms with Gasteiger partial charge in [0.05, 0.1) is 0 Å². The SMILES string of the molecule is CCC1(Cl)C(=O)NC(=O)N(C)C1=O. The van der Waals surface area contributed by atoms with Crippen LogP contribution in [-0.4, -0.2) is 34.7 Å². The first-order valence-corrected chi connectivity index (χ1v) is 4.13. The molecule has 1 N–H and O–H groups in total. The van der Waals surface area contributed by atoms with Crippen molar-refractivity contribution in [2.24, 2.45) is 0 Å². The highest BCUT2D eigenvalue weighted by atomic mass is 35.5. The lowest BCUT2D eigenvalue weighted by Gasteiger charge is -2.32. The second-order valence-electron chi connectivity index (χ2n) is 2.78. The van der Waals surface area contributed by atoms with E-state index in [1.165, 1.54) is 7.05 Å². The Balaban J connectivity index is 3.06. The van der Waals surface area contributed by atoms with Crippen LogP contribution in [0.1, 0.15) is 13.3 Å². The number of imide groups is 2. The third kappa shape index (κ3) is 1.29. The number of barbiturate groups is 1. The summed E-state index contributed by atoms with van der Waals surface area (Å²) in [6.45, 7) is 1.61. The van der Waals surface area contributed by atoms with Crippen LogP contribution >= 0.6 is 11.6 Å². The van der Waals surface area contributed by atoms with Gasteiger partial charge in [0.1, 0.15) is 0 Å². The highest BCUT2D eigenvalue weighted by Crippen LogP contribution is 2.25. The largest absolute Gasteiger partial charge is 0.330 e. The Hall–Kier alpha value is -1.10. The van der Waals surface area contributed by atoms with Crippen molar-refractivity contribution in [2.45, 2.75) is 18.2 Å².